The third-order valence-electron chi connectivity index (χ3n) is 5.80. The second-order valence-corrected chi connectivity index (χ2v) is 7.72. The zero-order valence-corrected chi connectivity index (χ0v) is 16.8. The molecule has 0 saturated carbocycles. The highest BCUT2D eigenvalue weighted by Crippen LogP contribution is 2.40. The summed E-state index contributed by atoms with van der Waals surface area (Å²) in [7, 11) is 2.01. The van der Waals surface area contributed by atoms with Gasteiger partial charge in [0.1, 0.15) is 5.70 Å². The molecule has 3 aliphatic heterocycles. The van der Waals surface area contributed by atoms with Gasteiger partial charge in [-0.05, 0) is 43.7 Å². The first-order chi connectivity index (χ1) is 14.5. The number of aliphatic carboxylic acids is 1. The average Bonchev–Trinajstić information content (AvgIpc) is 2.76. The number of likely N-dealkylation sites (N-methyl/N-ethyl adjacent to an activating group) is 1. The van der Waals surface area contributed by atoms with E-state index in [1.54, 1.807) is 35.4 Å². The van der Waals surface area contributed by atoms with Crippen molar-refractivity contribution >= 4 is 23.9 Å². The number of carbonyl (C=O) groups excluding carboxylic acids is 2. The van der Waals surface area contributed by atoms with E-state index in [0.717, 1.165) is 13.1 Å². The van der Waals surface area contributed by atoms with Crippen molar-refractivity contribution in [3.05, 3.63) is 59.1 Å². The number of β-lactam (4-membered cyclic amide) rings is 1. The van der Waals surface area contributed by atoms with Crippen LogP contribution in [0.15, 0.2) is 53.4 Å². The number of fused-ring (bicyclic) bond motifs is 1. The van der Waals surface area contributed by atoms with Crippen LogP contribution in [0.2, 0.25) is 0 Å². The molecule has 4 rings (SSSR count). The topological polar surface area (TPSA) is 94.0 Å². The fraction of sp³-hybridized carbons (Fsp3) is 0.364. The van der Waals surface area contributed by atoms with Crippen molar-refractivity contribution in [2.24, 2.45) is 0 Å². The van der Waals surface area contributed by atoms with Crippen LogP contribution in [0.5, 0.6) is 0 Å². The molecule has 2 saturated heterocycles. The molecule has 2 fully saturated rings. The van der Waals surface area contributed by atoms with E-state index < -0.39 is 5.97 Å². The SMILES string of the molecule is CN1CCN(C(=O)/C=C/C2=C(C(=O)O)N3C(=O)/C(=C/c4ccccn4)C3CC2)CC1. The molecule has 0 bridgehead atoms. The summed E-state index contributed by atoms with van der Waals surface area (Å²) >= 11 is 0. The maximum absolute atomic E-state index is 12.7. The predicted octanol–water partition coefficient (Wildman–Crippen LogP) is 1.14. The largest absolute Gasteiger partial charge is 0.477 e. The molecule has 1 aromatic rings. The molecule has 1 aromatic heterocycles. The Morgan fingerprint density at radius 3 is 2.63 bits per heavy atom. The Hall–Kier alpha value is -3.26. The van der Waals surface area contributed by atoms with Crippen molar-refractivity contribution in [2.45, 2.75) is 18.9 Å². The highest BCUT2D eigenvalue weighted by Gasteiger charge is 2.48. The molecule has 8 heteroatoms. The van der Waals surface area contributed by atoms with E-state index in [-0.39, 0.29) is 23.6 Å². The summed E-state index contributed by atoms with van der Waals surface area (Å²) in [5.74, 6) is -1.61. The number of allylic oxidation sites excluding steroid dienone is 2. The molecule has 0 radical (unpaired) electrons. The maximum atomic E-state index is 12.7. The molecule has 156 valence electrons. The number of carboxylic acid groups (broad SMARTS) is 1. The van der Waals surface area contributed by atoms with Gasteiger partial charge in [0.2, 0.25) is 5.91 Å². The van der Waals surface area contributed by atoms with Crippen LogP contribution in [0.1, 0.15) is 18.5 Å². The maximum Gasteiger partial charge on any atom is 0.352 e. The number of aromatic nitrogens is 1. The van der Waals surface area contributed by atoms with Crippen LogP contribution in [-0.4, -0.2) is 81.8 Å². The van der Waals surface area contributed by atoms with Gasteiger partial charge in [-0.2, -0.15) is 0 Å². The number of hydrogen-bond acceptors (Lipinski definition) is 5. The molecular formula is C22H24N4O4. The minimum atomic E-state index is -1.16. The zero-order chi connectivity index (χ0) is 21.3. The Labute approximate surface area is 174 Å². The molecule has 0 aliphatic carbocycles. The lowest BCUT2D eigenvalue weighted by atomic mass is 9.82. The summed E-state index contributed by atoms with van der Waals surface area (Å²) in [6.45, 7) is 2.94. The summed E-state index contributed by atoms with van der Waals surface area (Å²) < 4.78 is 0. The fourth-order valence-electron chi connectivity index (χ4n) is 4.09. The lowest BCUT2D eigenvalue weighted by Crippen LogP contribution is -2.57. The lowest BCUT2D eigenvalue weighted by molar-refractivity contribution is -0.144. The Balaban J connectivity index is 1.53. The smallest absolute Gasteiger partial charge is 0.352 e. The van der Waals surface area contributed by atoms with E-state index in [1.165, 1.54) is 11.0 Å². The number of amides is 2. The third kappa shape index (κ3) is 3.78. The average molecular weight is 408 g/mol. The van der Waals surface area contributed by atoms with Gasteiger partial charge in [0.25, 0.3) is 5.91 Å². The number of pyridine rings is 1. The third-order valence-corrected chi connectivity index (χ3v) is 5.80. The number of nitrogens with zero attached hydrogens (tertiary/aromatic N) is 4. The number of hydrogen-bond donors (Lipinski definition) is 1. The Kier molecular flexibility index (Phi) is 5.50. The van der Waals surface area contributed by atoms with Crippen molar-refractivity contribution in [3.63, 3.8) is 0 Å². The molecule has 4 heterocycles. The Morgan fingerprint density at radius 2 is 1.97 bits per heavy atom. The van der Waals surface area contributed by atoms with Gasteiger partial charge < -0.3 is 14.9 Å². The molecule has 2 amide bonds. The molecular weight excluding hydrogens is 384 g/mol. The second kappa shape index (κ2) is 8.23. The van der Waals surface area contributed by atoms with Crippen LogP contribution in [0.3, 0.4) is 0 Å². The summed E-state index contributed by atoms with van der Waals surface area (Å²) in [6, 6.07) is 5.17. The highest BCUT2D eigenvalue weighted by molar-refractivity contribution is 6.10. The van der Waals surface area contributed by atoms with E-state index >= 15 is 0 Å². The number of piperazine rings is 1. The van der Waals surface area contributed by atoms with E-state index in [1.807, 2.05) is 13.1 Å². The van der Waals surface area contributed by atoms with Gasteiger partial charge in [-0.15, -0.1) is 0 Å². The normalized spacial score (nSPS) is 23.7. The van der Waals surface area contributed by atoms with E-state index in [9.17, 15) is 19.5 Å². The van der Waals surface area contributed by atoms with Crippen molar-refractivity contribution in [3.8, 4) is 0 Å². The van der Waals surface area contributed by atoms with E-state index in [0.29, 0.717) is 42.8 Å². The number of rotatable bonds is 4. The Bertz CT molecular complexity index is 959. The predicted molar refractivity (Wildman–Crippen MR) is 110 cm³/mol. The zero-order valence-electron chi connectivity index (χ0n) is 16.8. The van der Waals surface area contributed by atoms with E-state index in [2.05, 4.69) is 9.88 Å². The van der Waals surface area contributed by atoms with Gasteiger partial charge >= 0.3 is 5.97 Å². The molecule has 1 unspecified atom stereocenters. The number of carbonyl (C=O) groups is 3. The van der Waals surface area contributed by atoms with Gasteiger partial charge in [0.05, 0.1) is 11.7 Å². The quantitative estimate of drug-likeness (QED) is 0.593. The molecule has 1 atom stereocenters. The van der Waals surface area contributed by atoms with E-state index in [4.69, 9.17) is 0 Å². The molecule has 8 nitrogen and oxygen atoms in total. The van der Waals surface area contributed by atoms with Crippen LogP contribution in [0.25, 0.3) is 6.08 Å². The first kappa shape index (κ1) is 20.0. The lowest BCUT2D eigenvalue weighted by Gasteiger charge is -2.46. The monoisotopic (exact) mass is 408 g/mol. The van der Waals surface area contributed by atoms with Crippen LogP contribution in [-0.2, 0) is 14.4 Å². The highest BCUT2D eigenvalue weighted by atomic mass is 16.4. The van der Waals surface area contributed by atoms with Crippen LogP contribution < -0.4 is 0 Å². The molecule has 1 N–H and O–H groups in total. The van der Waals surface area contributed by atoms with Crippen LogP contribution in [0.4, 0.5) is 0 Å². The summed E-state index contributed by atoms with van der Waals surface area (Å²) in [4.78, 5) is 46.5. The van der Waals surface area contributed by atoms with Crippen molar-refractivity contribution in [1.82, 2.24) is 19.7 Å². The first-order valence-corrected chi connectivity index (χ1v) is 10.0. The summed E-state index contributed by atoms with van der Waals surface area (Å²) in [5, 5.41) is 9.75. The van der Waals surface area contributed by atoms with Gasteiger partial charge in [-0.3, -0.25) is 19.5 Å². The van der Waals surface area contributed by atoms with Gasteiger partial charge in [-0.25, -0.2) is 4.79 Å². The summed E-state index contributed by atoms with van der Waals surface area (Å²) in [5.41, 5.74) is 1.72. The Morgan fingerprint density at radius 1 is 1.20 bits per heavy atom. The van der Waals surface area contributed by atoms with Gasteiger partial charge in [0.15, 0.2) is 0 Å². The van der Waals surface area contributed by atoms with Crippen molar-refractivity contribution in [2.75, 3.05) is 33.2 Å². The standard InChI is InChI=1S/C22H24N4O4/c1-24-10-12-25(13-11-24)19(27)8-6-15-5-7-18-17(14-16-4-2-3-9-23-16)21(28)26(18)20(15)22(29)30/h2-4,6,8-9,14,18H,5,7,10-13H2,1H3,(H,29,30)/b8-6+,17-14+. The van der Waals surface area contributed by atoms with Crippen molar-refractivity contribution in [1.29, 1.82) is 0 Å². The molecule has 3 aliphatic rings. The first-order valence-electron chi connectivity index (χ1n) is 10.0. The molecule has 0 aromatic carbocycles. The van der Waals surface area contributed by atoms with Gasteiger partial charge in [-0.1, -0.05) is 12.1 Å². The number of carboxylic acids is 1. The molecule has 0 spiro atoms. The summed E-state index contributed by atoms with van der Waals surface area (Å²) in [6.07, 6.45) is 7.47. The fourth-order valence-corrected chi connectivity index (χ4v) is 4.09. The second-order valence-electron chi connectivity index (χ2n) is 7.72. The molecule has 30 heavy (non-hydrogen) atoms. The van der Waals surface area contributed by atoms with Crippen LogP contribution >= 0.6 is 0 Å². The van der Waals surface area contributed by atoms with Gasteiger partial charge in [0, 0.05) is 44.0 Å². The minimum absolute atomic E-state index is 0.0307. The van der Waals surface area contributed by atoms with Crippen molar-refractivity contribution < 1.29 is 19.5 Å². The minimum Gasteiger partial charge on any atom is -0.477 e. The van der Waals surface area contributed by atoms with Crippen LogP contribution in [0, 0.1) is 0 Å².